The number of hydrogen-bond acceptors (Lipinski definition) is 5. The van der Waals surface area contributed by atoms with E-state index in [0.29, 0.717) is 17.0 Å². The zero-order valence-corrected chi connectivity index (χ0v) is 9.83. The van der Waals surface area contributed by atoms with Gasteiger partial charge in [0.25, 0.3) is 5.88 Å². The van der Waals surface area contributed by atoms with E-state index in [-0.39, 0.29) is 5.88 Å². The number of H-pyrrole nitrogens is 1. The molecule has 0 atom stereocenters. The number of anilines is 1. The molecule has 94 valence electrons. The molecule has 1 aromatic carbocycles. The predicted molar refractivity (Wildman–Crippen MR) is 71.1 cm³/mol. The van der Waals surface area contributed by atoms with E-state index in [4.69, 9.17) is 10.5 Å². The van der Waals surface area contributed by atoms with Crippen molar-refractivity contribution in [2.24, 2.45) is 0 Å². The molecule has 0 bridgehead atoms. The van der Waals surface area contributed by atoms with Crippen LogP contribution in [0.4, 0.5) is 5.69 Å². The monoisotopic (exact) mass is 254 g/mol. The Hall–Kier alpha value is -2.89. The zero-order chi connectivity index (χ0) is 13.2. The highest BCUT2D eigenvalue weighted by molar-refractivity contribution is 5.94. The summed E-state index contributed by atoms with van der Waals surface area (Å²) in [6.07, 6.45) is 4.52. The smallest absolute Gasteiger partial charge is 0.311 e. The Morgan fingerprint density at radius 3 is 2.89 bits per heavy atom. The van der Waals surface area contributed by atoms with Gasteiger partial charge in [0.15, 0.2) is 5.75 Å². The van der Waals surface area contributed by atoms with E-state index in [1.165, 1.54) is 12.4 Å². The lowest BCUT2D eigenvalue weighted by Gasteiger charge is -2.08. The summed E-state index contributed by atoms with van der Waals surface area (Å²) in [5.41, 5.74) is 6.66. The first-order chi connectivity index (χ1) is 9.25. The predicted octanol–water partition coefficient (Wildman–Crippen LogP) is 1.69. The van der Waals surface area contributed by atoms with Gasteiger partial charge in [0, 0.05) is 29.7 Å². The Bertz CT molecular complexity index is 798. The Kier molecular flexibility index (Phi) is 2.60. The molecule has 0 fully saturated rings. The highest BCUT2D eigenvalue weighted by Crippen LogP contribution is 2.29. The minimum absolute atomic E-state index is 0.0285. The van der Waals surface area contributed by atoms with Crippen LogP contribution in [0.3, 0.4) is 0 Å². The highest BCUT2D eigenvalue weighted by Gasteiger charge is 2.09. The third kappa shape index (κ3) is 1.99. The Labute approximate surface area is 107 Å². The Morgan fingerprint density at radius 1 is 1.16 bits per heavy atom. The van der Waals surface area contributed by atoms with Crippen LogP contribution in [0.15, 0.2) is 47.7 Å². The molecule has 0 aliphatic heterocycles. The second-order valence-corrected chi connectivity index (χ2v) is 3.88. The van der Waals surface area contributed by atoms with Crippen molar-refractivity contribution >= 4 is 16.6 Å². The minimum atomic E-state index is -0.400. The van der Waals surface area contributed by atoms with Crippen molar-refractivity contribution in [1.29, 1.82) is 0 Å². The molecule has 3 N–H and O–H groups in total. The molecule has 0 saturated heterocycles. The summed E-state index contributed by atoms with van der Waals surface area (Å²) in [5.74, 6) is 0.410. The number of nitrogen functional groups attached to an aromatic ring is 1. The lowest BCUT2D eigenvalue weighted by Crippen LogP contribution is -2.09. The maximum Gasteiger partial charge on any atom is 0.311 e. The van der Waals surface area contributed by atoms with E-state index in [2.05, 4.69) is 15.0 Å². The number of nitrogens with zero attached hydrogens (tertiary/aromatic N) is 2. The number of benzene rings is 1. The van der Waals surface area contributed by atoms with Crippen LogP contribution in [0.2, 0.25) is 0 Å². The van der Waals surface area contributed by atoms with Gasteiger partial charge in [-0.05, 0) is 24.3 Å². The van der Waals surface area contributed by atoms with Gasteiger partial charge in [0.1, 0.15) is 5.52 Å². The molecule has 0 radical (unpaired) electrons. The van der Waals surface area contributed by atoms with Crippen LogP contribution in [0.1, 0.15) is 0 Å². The van der Waals surface area contributed by atoms with Gasteiger partial charge in [-0.2, -0.15) is 0 Å². The summed E-state index contributed by atoms with van der Waals surface area (Å²) in [4.78, 5) is 22.1. The van der Waals surface area contributed by atoms with Gasteiger partial charge in [-0.1, -0.05) is 0 Å². The van der Waals surface area contributed by atoms with Crippen LogP contribution in [-0.2, 0) is 0 Å². The van der Waals surface area contributed by atoms with E-state index in [0.717, 1.165) is 5.39 Å². The summed E-state index contributed by atoms with van der Waals surface area (Å²) in [5, 5.41) is 0.771. The molecule has 6 nitrogen and oxygen atoms in total. The fourth-order valence-electron chi connectivity index (χ4n) is 1.77. The van der Waals surface area contributed by atoms with Crippen molar-refractivity contribution in [3.63, 3.8) is 0 Å². The molecule has 0 aliphatic rings. The van der Waals surface area contributed by atoms with Crippen LogP contribution in [0, 0.1) is 0 Å². The van der Waals surface area contributed by atoms with Gasteiger partial charge in [0.05, 0.1) is 0 Å². The van der Waals surface area contributed by atoms with Gasteiger partial charge in [-0.3, -0.25) is 9.78 Å². The van der Waals surface area contributed by atoms with Crippen molar-refractivity contribution in [2.45, 2.75) is 0 Å². The van der Waals surface area contributed by atoms with E-state index in [1.54, 1.807) is 24.4 Å². The van der Waals surface area contributed by atoms with Crippen LogP contribution < -0.4 is 16.0 Å². The van der Waals surface area contributed by atoms with Gasteiger partial charge < -0.3 is 15.5 Å². The fraction of sp³-hybridized carbons (Fsp3) is 0. The molecular formula is C13H10N4O2. The largest absolute Gasteiger partial charge is 0.432 e. The normalized spacial score (nSPS) is 10.5. The molecule has 0 unspecified atom stereocenters. The van der Waals surface area contributed by atoms with E-state index in [1.807, 2.05) is 6.07 Å². The van der Waals surface area contributed by atoms with Crippen molar-refractivity contribution in [3.05, 3.63) is 53.2 Å². The summed E-state index contributed by atoms with van der Waals surface area (Å²) in [6.45, 7) is 0. The van der Waals surface area contributed by atoms with E-state index in [9.17, 15) is 4.79 Å². The zero-order valence-electron chi connectivity index (χ0n) is 9.83. The summed E-state index contributed by atoms with van der Waals surface area (Å²) in [6, 6.07) is 7.00. The van der Waals surface area contributed by atoms with Gasteiger partial charge >= 0.3 is 5.56 Å². The third-order valence-corrected chi connectivity index (χ3v) is 2.65. The fourth-order valence-corrected chi connectivity index (χ4v) is 1.77. The van der Waals surface area contributed by atoms with Crippen LogP contribution in [0.5, 0.6) is 11.6 Å². The first kappa shape index (κ1) is 11.2. The van der Waals surface area contributed by atoms with E-state index < -0.39 is 5.56 Å². The number of nitrogens with one attached hydrogen (secondary N) is 1. The molecule has 0 saturated carbocycles. The van der Waals surface area contributed by atoms with Gasteiger partial charge in [-0.15, -0.1) is 0 Å². The van der Waals surface area contributed by atoms with Crippen LogP contribution >= 0.6 is 0 Å². The van der Waals surface area contributed by atoms with Crippen molar-refractivity contribution in [3.8, 4) is 11.6 Å². The molecule has 0 amide bonds. The Balaban J connectivity index is 2.14. The molecule has 0 aliphatic carbocycles. The molecule has 3 rings (SSSR count). The molecule has 19 heavy (non-hydrogen) atoms. The molecule has 2 heterocycles. The number of aromatic amines is 1. The van der Waals surface area contributed by atoms with Gasteiger partial charge in [-0.25, -0.2) is 4.98 Å². The van der Waals surface area contributed by atoms with Crippen LogP contribution in [-0.4, -0.2) is 15.0 Å². The average Bonchev–Trinajstić information content (AvgIpc) is 2.44. The average molecular weight is 254 g/mol. The molecule has 3 aromatic rings. The molecule has 2 aromatic heterocycles. The SMILES string of the molecule is Nc1ccc(Oc2ncc[nH]c2=O)c2ncccc12. The first-order valence-electron chi connectivity index (χ1n) is 5.60. The Morgan fingerprint density at radius 2 is 2.05 bits per heavy atom. The van der Waals surface area contributed by atoms with E-state index >= 15 is 0 Å². The number of hydrogen-bond donors (Lipinski definition) is 2. The summed E-state index contributed by atoms with van der Waals surface area (Å²) < 4.78 is 5.50. The highest BCUT2D eigenvalue weighted by atomic mass is 16.5. The first-order valence-corrected chi connectivity index (χ1v) is 5.60. The van der Waals surface area contributed by atoms with Crippen molar-refractivity contribution in [1.82, 2.24) is 15.0 Å². The van der Waals surface area contributed by atoms with Crippen molar-refractivity contribution < 1.29 is 4.74 Å². The number of nitrogens with two attached hydrogens (primary N) is 1. The molecular weight excluding hydrogens is 244 g/mol. The molecule has 0 spiro atoms. The van der Waals surface area contributed by atoms with Crippen molar-refractivity contribution in [2.75, 3.05) is 5.73 Å². The topological polar surface area (TPSA) is 93.9 Å². The van der Waals surface area contributed by atoms with Gasteiger partial charge in [0.2, 0.25) is 0 Å². The third-order valence-electron chi connectivity index (χ3n) is 2.65. The second-order valence-electron chi connectivity index (χ2n) is 3.88. The standard InChI is InChI=1S/C13H10N4O2/c14-9-3-4-10(11-8(9)2-1-5-15-11)19-13-12(18)16-6-7-17-13/h1-7H,14H2,(H,16,18). The van der Waals surface area contributed by atoms with Crippen LogP contribution in [0.25, 0.3) is 10.9 Å². The summed E-state index contributed by atoms with van der Waals surface area (Å²) >= 11 is 0. The number of aromatic nitrogens is 3. The minimum Gasteiger partial charge on any atom is -0.432 e. The number of ether oxygens (including phenoxy) is 1. The quantitative estimate of drug-likeness (QED) is 0.679. The summed E-state index contributed by atoms with van der Waals surface area (Å²) in [7, 11) is 0. The maximum atomic E-state index is 11.5. The number of fused-ring (bicyclic) bond motifs is 1. The lowest BCUT2D eigenvalue weighted by molar-refractivity contribution is 0.458. The number of rotatable bonds is 2. The second kappa shape index (κ2) is 4.41. The lowest BCUT2D eigenvalue weighted by atomic mass is 10.2. The maximum absolute atomic E-state index is 11.5. The number of pyridine rings is 1. The molecule has 6 heteroatoms.